The lowest BCUT2D eigenvalue weighted by molar-refractivity contribution is 0.0964. The highest BCUT2D eigenvalue weighted by atomic mass is 32.2. The van der Waals surface area contributed by atoms with Crippen LogP contribution in [-0.2, 0) is 17.1 Å². The summed E-state index contributed by atoms with van der Waals surface area (Å²) in [7, 11) is 1.27. The van der Waals surface area contributed by atoms with Crippen LogP contribution >= 0.6 is 0 Å². The smallest absolute Gasteiger partial charge is 0.255 e. The zero-order valence-corrected chi connectivity index (χ0v) is 24.4. The number of fused-ring (bicyclic) bond motifs is 2. The molecule has 1 N–H and O–H groups in total. The van der Waals surface area contributed by atoms with E-state index in [2.05, 4.69) is 10.2 Å². The molecule has 3 aromatic carbocycles. The minimum atomic E-state index is -3.64. The first-order valence-electron chi connectivity index (χ1n) is 13.5. The fourth-order valence-corrected chi connectivity index (χ4v) is 6.43. The van der Waals surface area contributed by atoms with Gasteiger partial charge in [0.2, 0.25) is 10.0 Å². The summed E-state index contributed by atoms with van der Waals surface area (Å²) in [5.41, 5.74) is 3.12. The first-order chi connectivity index (χ1) is 20.0. The minimum absolute atomic E-state index is 0.0989. The van der Waals surface area contributed by atoms with E-state index in [1.165, 1.54) is 48.7 Å². The van der Waals surface area contributed by atoms with Gasteiger partial charge in [-0.15, -0.1) is 0 Å². The lowest BCUT2D eigenvalue weighted by Crippen LogP contribution is -2.27. The molecule has 1 atom stereocenters. The quantitative estimate of drug-likeness (QED) is 0.277. The number of furan rings is 1. The number of rotatable bonds is 6. The molecule has 1 saturated heterocycles. The molecule has 1 aliphatic rings. The molecule has 5 aromatic rings. The van der Waals surface area contributed by atoms with Gasteiger partial charge in [0.15, 0.2) is 0 Å². The molecule has 1 amide bonds. The maximum Gasteiger partial charge on any atom is 0.255 e. The van der Waals surface area contributed by atoms with Gasteiger partial charge in [0.05, 0.1) is 23.0 Å². The number of nitrogens with zero attached hydrogens (tertiary/aromatic N) is 3. The van der Waals surface area contributed by atoms with Crippen molar-refractivity contribution in [2.24, 2.45) is 7.05 Å². The average Bonchev–Trinajstić information content (AvgIpc) is 3.67. The molecular weight excluding hydrogens is 562 g/mol. The number of carbonyl (C=O) groups excluding carboxylic acids is 1. The van der Waals surface area contributed by atoms with Crippen molar-refractivity contribution >= 4 is 49.3 Å². The number of anilines is 2. The van der Waals surface area contributed by atoms with Crippen LogP contribution in [0, 0.1) is 11.6 Å². The number of amides is 1. The van der Waals surface area contributed by atoms with Gasteiger partial charge in [0.1, 0.15) is 28.8 Å². The van der Waals surface area contributed by atoms with E-state index in [-0.39, 0.29) is 29.0 Å². The highest BCUT2D eigenvalue weighted by Gasteiger charge is 2.32. The van der Waals surface area contributed by atoms with Gasteiger partial charge in [-0.2, -0.15) is 0 Å². The van der Waals surface area contributed by atoms with Crippen LogP contribution in [0.2, 0.25) is 0 Å². The number of benzene rings is 3. The largest absolute Gasteiger partial charge is 0.455 e. The van der Waals surface area contributed by atoms with Crippen LogP contribution in [0.25, 0.3) is 33.2 Å². The van der Waals surface area contributed by atoms with Gasteiger partial charge in [-0.25, -0.2) is 17.2 Å². The van der Waals surface area contributed by atoms with Crippen molar-refractivity contribution in [3.63, 3.8) is 0 Å². The molecule has 0 spiro atoms. The Morgan fingerprint density at radius 2 is 1.81 bits per heavy atom. The second-order valence-corrected chi connectivity index (χ2v) is 12.7. The monoisotopic (exact) mass is 592 g/mol. The first kappa shape index (κ1) is 27.8. The van der Waals surface area contributed by atoms with E-state index in [9.17, 15) is 22.0 Å². The normalized spacial score (nSPS) is 15.6. The van der Waals surface area contributed by atoms with Crippen LogP contribution in [0.5, 0.6) is 0 Å². The Morgan fingerprint density at radius 1 is 1.07 bits per heavy atom. The first-order valence-corrected chi connectivity index (χ1v) is 15.3. The standard InChI is InChI=1S/C31H30F2N4O4S/c1-34-31(38)29-23-14-21(19-12-13-37(17-19)28-15-22-24(33)6-5-7-25(22)35(28)2)26(36(3)42(4,39)40)16-27(23)41-30(29)18-8-10-20(32)11-9-18/h5-11,14-16,19H,12-13,17H2,1-4H3,(H,34,38)/t19-/m1/s1. The molecule has 0 unspecified atom stereocenters. The molecule has 3 heterocycles. The Kier molecular flexibility index (Phi) is 6.72. The SMILES string of the molecule is CNC(=O)c1c(-c2ccc(F)cc2)oc2cc(N(C)S(C)(=O)=O)c([C@@H]3CCN(c4cc5c(F)cccc5n4C)C3)cc12. The van der Waals surface area contributed by atoms with E-state index in [1.807, 2.05) is 29.8 Å². The molecule has 6 rings (SSSR count). The van der Waals surface area contributed by atoms with Crippen molar-refractivity contribution in [3.8, 4) is 11.3 Å². The molecule has 1 aliphatic heterocycles. The third-order valence-electron chi connectivity index (χ3n) is 8.19. The van der Waals surface area contributed by atoms with E-state index in [0.717, 1.165) is 23.2 Å². The number of aromatic nitrogens is 1. The van der Waals surface area contributed by atoms with Crippen molar-refractivity contribution in [3.05, 3.63) is 83.4 Å². The number of sulfonamides is 1. The number of nitrogens with one attached hydrogen (secondary N) is 1. The molecule has 8 nitrogen and oxygen atoms in total. The summed E-state index contributed by atoms with van der Waals surface area (Å²) in [5.74, 6) is -0.0571. The molecule has 2 aromatic heterocycles. The van der Waals surface area contributed by atoms with E-state index < -0.39 is 15.8 Å². The van der Waals surface area contributed by atoms with Gasteiger partial charge in [-0.05, 0) is 60.5 Å². The van der Waals surface area contributed by atoms with Gasteiger partial charge in [0, 0.05) is 62.6 Å². The van der Waals surface area contributed by atoms with Crippen LogP contribution in [-0.4, -0.2) is 52.3 Å². The highest BCUT2D eigenvalue weighted by molar-refractivity contribution is 7.92. The second kappa shape index (κ2) is 10.2. The van der Waals surface area contributed by atoms with Crippen LogP contribution in [0.3, 0.4) is 0 Å². The summed E-state index contributed by atoms with van der Waals surface area (Å²) in [6, 6.07) is 16.0. The lowest BCUT2D eigenvalue weighted by atomic mass is 9.93. The van der Waals surface area contributed by atoms with Crippen LogP contribution in [0.15, 0.2) is 65.1 Å². The van der Waals surface area contributed by atoms with Gasteiger partial charge < -0.3 is 19.2 Å². The maximum absolute atomic E-state index is 14.5. The molecule has 0 aliphatic carbocycles. The molecule has 218 valence electrons. The Labute approximate surface area is 242 Å². The minimum Gasteiger partial charge on any atom is -0.455 e. The van der Waals surface area contributed by atoms with Crippen molar-refractivity contribution in [1.82, 2.24) is 9.88 Å². The van der Waals surface area contributed by atoms with E-state index in [1.54, 1.807) is 12.1 Å². The summed E-state index contributed by atoms with van der Waals surface area (Å²) in [6.07, 6.45) is 1.84. The zero-order valence-electron chi connectivity index (χ0n) is 23.6. The summed E-state index contributed by atoms with van der Waals surface area (Å²) in [5, 5.41) is 3.73. The zero-order chi connectivity index (χ0) is 29.9. The number of halogens is 2. The molecule has 1 fully saturated rings. The molecular formula is C31H30F2N4O4S. The van der Waals surface area contributed by atoms with Gasteiger partial charge in [0.25, 0.3) is 5.91 Å². The Balaban J connectivity index is 1.50. The molecule has 0 saturated carbocycles. The fourth-order valence-electron chi connectivity index (χ4n) is 5.92. The molecule has 11 heteroatoms. The van der Waals surface area contributed by atoms with E-state index >= 15 is 0 Å². The Morgan fingerprint density at radius 3 is 2.48 bits per heavy atom. The summed E-state index contributed by atoms with van der Waals surface area (Å²) < 4.78 is 63.0. The average molecular weight is 593 g/mol. The van der Waals surface area contributed by atoms with Crippen molar-refractivity contribution in [1.29, 1.82) is 0 Å². The third-order valence-corrected chi connectivity index (χ3v) is 9.39. The Bertz CT molecular complexity index is 1960. The fraction of sp³-hybridized carbons (Fsp3) is 0.258. The van der Waals surface area contributed by atoms with Crippen molar-refractivity contribution in [2.45, 2.75) is 12.3 Å². The topological polar surface area (TPSA) is 87.8 Å². The second-order valence-electron chi connectivity index (χ2n) is 10.7. The van der Waals surface area contributed by atoms with E-state index in [4.69, 9.17) is 4.42 Å². The van der Waals surface area contributed by atoms with Crippen LogP contribution < -0.4 is 14.5 Å². The predicted octanol–water partition coefficient (Wildman–Crippen LogP) is 5.62. The molecule has 42 heavy (non-hydrogen) atoms. The van der Waals surface area contributed by atoms with E-state index in [0.29, 0.717) is 47.1 Å². The molecule has 0 radical (unpaired) electrons. The summed E-state index contributed by atoms with van der Waals surface area (Å²) in [6.45, 7) is 1.23. The maximum atomic E-state index is 14.5. The summed E-state index contributed by atoms with van der Waals surface area (Å²) >= 11 is 0. The summed E-state index contributed by atoms with van der Waals surface area (Å²) in [4.78, 5) is 15.3. The highest BCUT2D eigenvalue weighted by Crippen LogP contribution is 2.43. The van der Waals surface area contributed by atoms with Gasteiger partial charge in [-0.3, -0.25) is 9.10 Å². The van der Waals surface area contributed by atoms with Gasteiger partial charge >= 0.3 is 0 Å². The Hall–Kier alpha value is -4.38. The van der Waals surface area contributed by atoms with Crippen LogP contribution in [0.1, 0.15) is 28.3 Å². The van der Waals surface area contributed by atoms with Crippen molar-refractivity contribution < 1.29 is 26.4 Å². The lowest BCUT2D eigenvalue weighted by Gasteiger charge is -2.24. The number of hydrogen-bond acceptors (Lipinski definition) is 5. The number of aryl methyl sites for hydroxylation is 1. The van der Waals surface area contributed by atoms with Crippen molar-refractivity contribution in [2.75, 3.05) is 42.6 Å². The predicted molar refractivity (Wildman–Crippen MR) is 161 cm³/mol. The van der Waals surface area contributed by atoms with Gasteiger partial charge in [-0.1, -0.05) is 6.07 Å². The number of hydrogen-bond donors (Lipinski definition) is 1. The number of carbonyl (C=O) groups is 1. The van der Waals surface area contributed by atoms with Crippen LogP contribution in [0.4, 0.5) is 20.3 Å². The third kappa shape index (κ3) is 4.57. The molecule has 0 bridgehead atoms.